The smallest absolute Gasteiger partial charge is 0.256 e. The zero-order valence-corrected chi connectivity index (χ0v) is 12.6. The van der Waals surface area contributed by atoms with Gasteiger partial charge in [0.1, 0.15) is 5.75 Å². The second-order valence-corrected chi connectivity index (χ2v) is 6.05. The Morgan fingerprint density at radius 1 is 1.50 bits per heavy atom. The van der Waals surface area contributed by atoms with Crippen molar-refractivity contribution in [1.82, 2.24) is 4.90 Å². The topological polar surface area (TPSA) is 41.9 Å². The number of aliphatic imine (C=N–C) groups is 1. The average molecular weight is 290 g/mol. The number of ether oxygens (including phenoxy) is 1. The van der Waals surface area contributed by atoms with Crippen LogP contribution in [-0.2, 0) is 0 Å². The van der Waals surface area contributed by atoms with Gasteiger partial charge in [0.15, 0.2) is 0 Å². The van der Waals surface area contributed by atoms with Crippen LogP contribution in [0.3, 0.4) is 0 Å². The molecule has 2 aliphatic rings. The van der Waals surface area contributed by atoms with Crippen molar-refractivity contribution in [2.75, 3.05) is 13.7 Å². The van der Waals surface area contributed by atoms with Crippen LogP contribution < -0.4 is 4.74 Å². The number of amides is 1. The average Bonchev–Trinajstić information content (AvgIpc) is 2.87. The third-order valence-corrected chi connectivity index (χ3v) is 4.25. The van der Waals surface area contributed by atoms with Crippen LogP contribution in [0.5, 0.6) is 5.75 Å². The molecule has 106 valence electrons. The summed E-state index contributed by atoms with van der Waals surface area (Å²) in [6.45, 7) is 2.79. The number of thiol groups is 1. The number of rotatable bonds is 2. The molecule has 4 nitrogen and oxygen atoms in total. The summed E-state index contributed by atoms with van der Waals surface area (Å²) in [5.74, 6) is 0.754. The highest BCUT2D eigenvalue weighted by atomic mass is 32.1. The predicted octanol–water partition coefficient (Wildman–Crippen LogP) is 3.01. The highest BCUT2D eigenvalue weighted by molar-refractivity contribution is 7.80. The zero-order valence-electron chi connectivity index (χ0n) is 11.7. The standard InChI is InChI=1S/C15H18N2O2S/c1-9(20)11-6-13-12(7-14(11)19-2)15(18)17-5-3-4-10(17)8-16-13/h6-10,20H,3-5H2,1-2H3. The summed E-state index contributed by atoms with van der Waals surface area (Å²) in [7, 11) is 1.62. The quantitative estimate of drug-likeness (QED) is 0.851. The minimum absolute atomic E-state index is 0.0311. The summed E-state index contributed by atoms with van der Waals surface area (Å²) in [4.78, 5) is 19.1. The number of methoxy groups -OCH3 is 1. The molecule has 0 spiro atoms. The van der Waals surface area contributed by atoms with Gasteiger partial charge in [-0.15, -0.1) is 0 Å². The minimum Gasteiger partial charge on any atom is -0.496 e. The normalized spacial score (nSPS) is 22.2. The fraction of sp³-hybridized carbons (Fsp3) is 0.467. The van der Waals surface area contributed by atoms with Gasteiger partial charge in [-0.25, -0.2) is 0 Å². The number of benzene rings is 1. The molecule has 0 aromatic heterocycles. The van der Waals surface area contributed by atoms with E-state index in [2.05, 4.69) is 17.6 Å². The van der Waals surface area contributed by atoms with Crippen LogP contribution in [0.1, 0.15) is 40.9 Å². The molecule has 2 atom stereocenters. The Balaban J connectivity index is 2.13. The molecule has 3 rings (SSSR count). The molecule has 0 saturated carbocycles. The Bertz CT molecular complexity index is 583. The van der Waals surface area contributed by atoms with E-state index in [-0.39, 0.29) is 17.2 Å². The molecule has 2 heterocycles. The van der Waals surface area contributed by atoms with Crippen LogP contribution >= 0.6 is 12.6 Å². The Kier molecular flexibility index (Phi) is 3.46. The Hall–Kier alpha value is -1.49. The Morgan fingerprint density at radius 2 is 2.30 bits per heavy atom. The van der Waals surface area contributed by atoms with Crippen LogP contribution in [0, 0.1) is 0 Å². The van der Waals surface area contributed by atoms with Crippen LogP contribution in [0.25, 0.3) is 0 Å². The summed E-state index contributed by atoms with van der Waals surface area (Å²) >= 11 is 4.47. The summed E-state index contributed by atoms with van der Waals surface area (Å²) in [6, 6.07) is 3.86. The van der Waals surface area contributed by atoms with Gasteiger partial charge in [-0.2, -0.15) is 12.6 Å². The third-order valence-electron chi connectivity index (χ3n) is 3.97. The van der Waals surface area contributed by atoms with Crippen molar-refractivity contribution < 1.29 is 9.53 Å². The molecule has 2 aliphatic heterocycles. The highest BCUT2D eigenvalue weighted by Crippen LogP contribution is 2.37. The number of carbonyl (C=O) groups excluding carboxylic acids is 1. The lowest BCUT2D eigenvalue weighted by atomic mass is 10.0. The fourth-order valence-corrected chi connectivity index (χ4v) is 3.09. The molecule has 1 aromatic carbocycles. The first kappa shape index (κ1) is 13.5. The number of nitrogens with zero attached hydrogens (tertiary/aromatic N) is 2. The van der Waals surface area contributed by atoms with Gasteiger partial charge < -0.3 is 9.64 Å². The first-order valence-electron chi connectivity index (χ1n) is 6.87. The maximum atomic E-state index is 12.6. The maximum absolute atomic E-state index is 12.6. The third kappa shape index (κ3) is 2.10. The molecular formula is C15H18N2O2S. The lowest BCUT2D eigenvalue weighted by Gasteiger charge is -2.20. The molecule has 0 N–H and O–H groups in total. The molecule has 1 saturated heterocycles. The number of carbonyl (C=O) groups is 1. The maximum Gasteiger partial charge on any atom is 0.256 e. The first-order valence-corrected chi connectivity index (χ1v) is 7.38. The van der Waals surface area contributed by atoms with E-state index in [4.69, 9.17) is 4.74 Å². The minimum atomic E-state index is 0.0311. The van der Waals surface area contributed by atoms with E-state index < -0.39 is 0 Å². The van der Waals surface area contributed by atoms with Gasteiger partial charge in [-0.3, -0.25) is 9.79 Å². The van der Waals surface area contributed by atoms with Crippen LogP contribution in [-0.4, -0.2) is 36.7 Å². The summed E-state index contributed by atoms with van der Waals surface area (Å²) < 4.78 is 5.40. The Labute approximate surface area is 124 Å². The second kappa shape index (κ2) is 5.13. The van der Waals surface area contributed by atoms with Crippen LogP contribution in [0.15, 0.2) is 17.1 Å². The molecule has 1 aromatic rings. The van der Waals surface area contributed by atoms with E-state index in [1.807, 2.05) is 24.1 Å². The lowest BCUT2D eigenvalue weighted by Crippen LogP contribution is -2.35. The van der Waals surface area contributed by atoms with Gasteiger partial charge >= 0.3 is 0 Å². The van der Waals surface area contributed by atoms with Crippen molar-refractivity contribution in [2.24, 2.45) is 4.99 Å². The van der Waals surface area contributed by atoms with Gasteiger partial charge in [-0.1, -0.05) is 0 Å². The summed E-state index contributed by atoms with van der Waals surface area (Å²) in [5, 5.41) is 0.0311. The van der Waals surface area contributed by atoms with E-state index >= 15 is 0 Å². The van der Waals surface area contributed by atoms with Gasteiger partial charge in [0.25, 0.3) is 5.91 Å². The van der Waals surface area contributed by atoms with Crippen molar-refractivity contribution in [3.63, 3.8) is 0 Å². The number of hydrogen-bond donors (Lipinski definition) is 1. The second-order valence-electron chi connectivity index (χ2n) is 5.27. The lowest BCUT2D eigenvalue weighted by molar-refractivity contribution is 0.0774. The van der Waals surface area contributed by atoms with E-state index in [1.165, 1.54) is 0 Å². The van der Waals surface area contributed by atoms with Crippen molar-refractivity contribution in [1.29, 1.82) is 0 Å². The fourth-order valence-electron chi connectivity index (χ4n) is 2.89. The molecule has 5 heteroatoms. The summed E-state index contributed by atoms with van der Waals surface area (Å²) in [6.07, 6.45) is 3.94. The SMILES string of the molecule is COc1cc2c(cc1C(C)S)N=CC1CCCN1C2=O. The molecule has 0 radical (unpaired) electrons. The van der Waals surface area contributed by atoms with Crippen molar-refractivity contribution >= 4 is 30.4 Å². The monoisotopic (exact) mass is 290 g/mol. The summed E-state index contributed by atoms with van der Waals surface area (Å²) in [5.41, 5.74) is 2.31. The van der Waals surface area contributed by atoms with E-state index in [1.54, 1.807) is 13.2 Å². The largest absolute Gasteiger partial charge is 0.496 e. The van der Waals surface area contributed by atoms with Gasteiger partial charge in [-0.05, 0) is 31.9 Å². The molecule has 0 bridgehead atoms. The molecule has 1 amide bonds. The van der Waals surface area contributed by atoms with Crippen molar-refractivity contribution in [2.45, 2.75) is 31.1 Å². The van der Waals surface area contributed by atoms with Crippen molar-refractivity contribution in [3.8, 4) is 5.75 Å². The molecule has 1 fully saturated rings. The van der Waals surface area contributed by atoms with Gasteiger partial charge in [0.2, 0.25) is 0 Å². The van der Waals surface area contributed by atoms with E-state index in [0.29, 0.717) is 11.3 Å². The highest BCUT2D eigenvalue weighted by Gasteiger charge is 2.32. The van der Waals surface area contributed by atoms with Crippen LogP contribution in [0.2, 0.25) is 0 Å². The number of fused-ring (bicyclic) bond motifs is 2. The van der Waals surface area contributed by atoms with Gasteiger partial charge in [0, 0.05) is 23.6 Å². The van der Waals surface area contributed by atoms with E-state index in [9.17, 15) is 4.79 Å². The molecule has 0 aliphatic carbocycles. The molecular weight excluding hydrogens is 272 g/mol. The van der Waals surface area contributed by atoms with Gasteiger partial charge in [0.05, 0.1) is 24.4 Å². The molecule has 20 heavy (non-hydrogen) atoms. The Morgan fingerprint density at radius 3 is 3.00 bits per heavy atom. The first-order chi connectivity index (χ1) is 9.61. The zero-order chi connectivity index (χ0) is 14.3. The van der Waals surface area contributed by atoms with Crippen LogP contribution in [0.4, 0.5) is 5.69 Å². The molecule has 2 unspecified atom stereocenters. The predicted molar refractivity (Wildman–Crippen MR) is 82.6 cm³/mol. The van der Waals surface area contributed by atoms with Crippen molar-refractivity contribution in [3.05, 3.63) is 23.3 Å². The number of hydrogen-bond acceptors (Lipinski definition) is 4. The van der Waals surface area contributed by atoms with E-state index in [0.717, 1.165) is 30.6 Å².